The molecule has 0 aliphatic rings. The fourth-order valence-corrected chi connectivity index (χ4v) is 2.20. The SMILES string of the molecule is COc1ccc(O)c(C(=O)N[C@H](CC(N)=O)c2ccccc2)c1. The quantitative estimate of drug-likeness (QED) is 0.756. The minimum Gasteiger partial charge on any atom is -0.507 e. The number of amides is 2. The van der Waals surface area contributed by atoms with Crippen LogP contribution in [-0.2, 0) is 4.79 Å². The van der Waals surface area contributed by atoms with Crippen molar-refractivity contribution in [2.75, 3.05) is 7.11 Å². The van der Waals surface area contributed by atoms with Gasteiger partial charge in [-0.2, -0.15) is 0 Å². The van der Waals surface area contributed by atoms with Crippen molar-refractivity contribution in [3.63, 3.8) is 0 Å². The van der Waals surface area contributed by atoms with E-state index in [1.807, 2.05) is 6.07 Å². The summed E-state index contributed by atoms with van der Waals surface area (Å²) in [6.07, 6.45) is -0.0412. The fraction of sp³-hybridized carbons (Fsp3) is 0.176. The van der Waals surface area contributed by atoms with E-state index in [1.54, 1.807) is 30.3 Å². The first-order chi connectivity index (χ1) is 11.0. The lowest BCUT2D eigenvalue weighted by molar-refractivity contribution is -0.118. The second-order valence-corrected chi connectivity index (χ2v) is 4.99. The Bertz CT molecular complexity index is 701. The van der Waals surface area contributed by atoms with Crippen LogP contribution in [-0.4, -0.2) is 24.0 Å². The van der Waals surface area contributed by atoms with Gasteiger partial charge in [-0.15, -0.1) is 0 Å². The number of carbonyl (C=O) groups excluding carboxylic acids is 2. The van der Waals surface area contributed by atoms with Gasteiger partial charge in [0, 0.05) is 0 Å². The van der Waals surface area contributed by atoms with Crippen molar-refractivity contribution in [2.24, 2.45) is 5.73 Å². The Balaban J connectivity index is 2.25. The zero-order chi connectivity index (χ0) is 16.8. The molecule has 0 aliphatic carbocycles. The maximum absolute atomic E-state index is 12.4. The number of hydrogen-bond acceptors (Lipinski definition) is 4. The molecule has 0 unspecified atom stereocenters. The molecule has 2 aromatic rings. The van der Waals surface area contributed by atoms with E-state index in [0.29, 0.717) is 5.75 Å². The lowest BCUT2D eigenvalue weighted by Gasteiger charge is -2.18. The minimum absolute atomic E-state index is 0.0412. The lowest BCUT2D eigenvalue weighted by Crippen LogP contribution is -2.31. The van der Waals surface area contributed by atoms with Gasteiger partial charge in [-0.1, -0.05) is 30.3 Å². The number of carbonyl (C=O) groups is 2. The first kappa shape index (κ1) is 16.4. The van der Waals surface area contributed by atoms with Crippen LogP contribution in [0.25, 0.3) is 0 Å². The van der Waals surface area contributed by atoms with Gasteiger partial charge in [0.1, 0.15) is 11.5 Å². The lowest BCUT2D eigenvalue weighted by atomic mass is 10.0. The largest absolute Gasteiger partial charge is 0.507 e. The van der Waals surface area contributed by atoms with E-state index in [-0.39, 0.29) is 17.7 Å². The number of methoxy groups -OCH3 is 1. The standard InChI is InChI=1S/C17H18N2O4/c1-23-12-7-8-15(20)13(9-12)17(22)19-14(10-16(18)21)11-5-3-2-4-6-11/h2-9,14,20H,10H2,1H3,(H2,18,21)(H,19,22)/t14-/m1/s1. The van der Waals surface area contributed by atoms with Gasteiger partial charge in [0.2, 0.25) is 5.91 Å². The number of primary amides is 1. The molecule has 1 atom stereocenters. The van der Waals surface area contributed by atoms with Crippen molar-refractivity contribution in [1.29, 1.82) is 0 Å². The van der Waals surface area contributed by atoms with Gasteiger partial charge in [0.25, 0.3) is 5.91 Å². The van der Waals surface area contributed by atoms with E-state index in [1.165, 1.54) is 19.2 Å². The molecule has 6 heteroatoms. The monoisotopic (exact) mass is 314 g/mol. The van der Waals surface area contributed by atoms with Crippen LogP contribution < -0.4 is 15.8 Å². The van der Waals surface area contributed by atoms with Crippen molar-refractivity contribution < 1.29 is 19.4 Å². The molecule has 0 heterocycles. The molecule has 0 bridgehead atoms. The van der Waals surface area contributed by atoms with Crippen LogP contribution in [0.15, 0.2) is 48.5 Å². The third-order valence-electron chi connectivity index (χ3n) is 3.36. The molecule has 0 radical (unpaired) electrons. The molecule has 0 saturated heterocycles. The van der Waals surface area contributed by atoms with Gasteiger partial charge in [-0.3, -0.25) is 9.59 Å². The third-order valence-corrected chi connectivity index (χ3v) is 3.36. The normalized spacial score (nSPS) is 11.5. The summed E-state index contributed by atoms with van der Waals surface area (Å²) in [6, 6.07) is 12.8. The highest BCUT2D eigenvalue weighted by molar-refractivity contribution is 5.97. The smallest absolute Gasteiger partial charge is 0.255 e. The van der Waals surface area contributed by atoms with Crippen LogP contribution >= 0.6 is 0 Å². The summed E-state index contributed by atoms with van der Waals surface area (Å²) in [6.45, 7) is 0. The Morgan fingerprint density at radius 1 is 1.22 bits per heavy atom. The zero-order valence-corrected chi connectivity index (χ0v) is 12.7. The van der Waals surface area contributed by atoms with Crippen LogP contribution in [0.2, 0.25) is 0 Å². The molecular formula is C17H18N2O4. The Morgan fingerprint density at radius 2 is 1.91 bits per heavy atom. The summed E-state index contributed by atoms with van der Waals surface area (Å²) < 4.78 is 5.05. The molecule has 0 aromatic heterocycles. The molecule has 23 heavy (non-hydrogen) atoms. The van der Waals surface area contributed by atoms with Crippen LogP contribution in [0.5, 0.6) is 11.5 Å². The number of hydrogen-bond donors (Lipinski definition) is 3. The van der Waals surface area contributed by atoms with E-state index in [2.05, 4.69) is 5.32 Å². The summed E-state index contributed by atoms with van der Waals surface area (Å²) in [4.78, 5) is 23.7. The maximum atomic E-state index is 12.4. The minimum atomic E-state index is -0.577. The summed E-state index contributed by atoms with van der Waals surface area (Å²) in [7, 11) is 1.47. The molecule has 0 saturated carbocycles. The van der Waals surface area contributed by atoms with Gasteiger partial charge in [-0.05, 0) is 23.8 Å². The molecule has 0 fully saturated rings. The number of phenolic OH excluding ortho intramolecular Hbond substituents is 1. The molecule has 4 N–H and O–H groups in total. The van der Waals surface area contributed by atoms with Gasteiger partial charge in [-0.25, -0.2) is 0 Å². The molecule has 2 amide bonds. The van der Waals surface area contributed by atoms with Gasteiger partial charge in [0.15, 0.2) is 0 Å². The van der Waals surface area contributed by atoms with Gasteiger partial charge < -0.3 is 20.9 Å². The van der Waals surface area contributed by atoms with Crippen LogP contribution in [0.4, 0.5) is 0 Å². The predicted molar refractivity (Wildman–Crippen MR) is 85.1 cm³/mol. The topological polar surface area (TPSA) is 102 Å². The molecule has 0 aliphatic heterocycles. The Morgan fingerprint density at radius 3 is 2.52 bits per heavy atom. The van der Waals surface area contributed by atoms with E-state index < -0.39 is 17.9 Å². The number of aromatic hydroxyl groups is 1. The fourth-order valence-electron chi connectivity index (χ4n) is 2.20. The number of nitrogens with one attached hydrogen (secondary N) is 1. The average Bonchev–Trinajstić information content (AvgIpc) is 2.55. The third kappa shape index (κ3) is 4.23. The maximum Gasteiger partial charge on any atom is 0.255 e. The van der Waals surface area contributed by atoms with Crippen molar-refractivity contribution in [1.82, 2.24) is 5.32 Å². The summed E-state index contributed by atoms with van der Waals surface area (Å²) in [5.41, 5.74) is 6.08. The zero-order valence-electron chi connectivity index (χ0n) is 12.7. The van der Waals surface area contributed by atoms with Crippen LogP contribution in [0.1, 0.15) is 28.4 Å². The van der Waals surface area contributed by atoms with Crippen molar-refractivity contribution >= 4 is 11.8 Å². The molecule has 2 aromatic carbocycles. The van der Waals surface area contributed by atoms with Gasteiger partial charge >= 0.3 is 0 Å². The number of phenols is 1. The van der Waals surface area contributed by atoms with Gasteiger partial charge in [0.05, 0.1) is 25.1 Å². The van der Waals surface area contributed by atoms with Crippen molar-refractivity contribution in [3.05, 3.63) is 59.7 Å². The van der Waals surface area contributed by atoms with E-state index in [0.717, 1.165) is 5.56 Å². The average molecular weight is 314 g/mol. The van der Waals surface area contributed by atoms with Crippen LogP contribution in [0.3, 0.4) is 0 Å². The highest BCUT2D eigenvalue weighted by atomic mass is 16.5. The molecular weight excluding hydrogens is 296 g/mol. The van der Waals surface area contributed by atoms with Crippen LogP contribution in [0, 0.1) is 0 Å². The number of benzene rings is 2. The van der Waals surface area contributed by atoms with E-state index >= 15 is 0 Å². The summed E-state index contributed by atoms with van der Waals surface area (Å²) in [5.74, 6) is -0.779. The highest BCUT2D eigenvalue weighted by Crippen LogP contribution is 2.24. The van der Waals surface area contributed by atoms with Crippen molar-refractivity contribution in [2.45, 2.75) is 12.5 Å². The first-order valence-electron chi connectivity index (χ1n) is 7.02. The summed E-state index contributed by atoms with van der Waals surface area (Å²) >= 11 is 0. The first-order valence-corrected chi connectivity index (χ1v) is 7.02. The molecule has 2 rings (SSSR count). The predicted octanol–water partition coefficient (Wildman–Crippen LogP) is 1.75. The van der Waals surface area contributed by atoms with E-state index in [9.17, 15) is 14.7 Å². The number of rotatable bonds is 6. The summed E-state index contributed by atoms with van der Waals surface area (Å²) in [5, 5.41) is 12.6. The molecule has 0 spiro atoms. The second kappa shape index (κ2) is 7.31. The Labute approximate surface area is 133 Å². The molecule has 6 nitrogen and oxygen atoms in total. The number of ether oxygens (including phenoxy) is 1. The molecule has 120 valence electrons. The highest BCUT2D eigenvalue weighted by Gasteiger charge is 2.20. The van der Waals surface area contributed by atoms with E-state index in [4.69, 9.17) is 10.5 Å². The Hall–Kier alpha value is -3.02. The van der Waals surface area contributed by atoms with Crippen molar-refractivity contribution in [3.8, 4) is 11.5 Å². The Kier molecular flexibility index (Phi) is 5.19. The number of nitrogens with two attached hydrogens (primary N) is 1. The second-order valence-electron chi connectivity index (χ2n) is 4.99.